The lowest BCUT2D eigenvalue weighted by molar-refractivity contribution is -0.136. The van der Waals surface area contributed by atoms with E-state index in [1.54, 1.807) is 33.8 Å². The van der Waals surface area contributed by atoms with Crippen molar-refractivity contribution in [2.75, 3.05) is 14.2 Å². The average Bonchev–Trinajstić information content (AvgIpc) is 2.53. The third-order valence-electron chi connectivity index (χ3n) is 2.01. The van der Waals surface area contributed by atoms with Crippen LogP contribution in [0.4, 0.5) is 0 Å². The zero-order chi connectivity index (χ0) is 19.0. The number of rotatable bonds is 4. The summed E-state index contributed by atoms with van der Waals surface area (Å²) in [5.41, 5.74) is 1.46. The number of methoxy groups -OCH3 is 2. The van der Waals surface area contributed by atoms with Crippen LogP contribution in [0.2, 0.25) is 0 Å². The van der Waals surface area contributed by atoms with Crippen molar-refractivity contribution in [3.8, 4) is 0 Å². The Hall–Kier alpha value is -2.63. The molecule has 6 heteroatoms. The molecule has 0 spiro atoms. The maximum Gasteiger partial charge on any atom is 0.338 e. The molecule has 0 fully saturated rings. The Bertz CT molecular complexity index is 445. The van der Waals surface area contributed by atoms with Gasteiger partial charge in [0.1, 0.15) is 0 Å². The minimum absolute atomic E-state index is 0.340. The SMILES string of the molecule is C=C(C)C(=O)OC.C=C(C)C(=O)OC.C=COC(=O)C(C)=CC. The van der Waals surface area contributed by atoms with Crippen molar-refractivity contribution in [2.24, 2.45) is 0 Å². The molecule has 6 nitrogen and oxygen atoms in total. The molecule has 0 amide bonds. The molecule has 0 aromatic heterocycles. The van der Waals surface area contributed by atoms with E-state index in [0.29, 0.717) is 16.7 Å². The van der Waals surface area contributed by atoms with Crippen molar-refractivity contribution in [2.45, 2.75) is 27.7 Å². The van der Waals surface area contributed by atoms with E-state index in [9.17, 15) is 14.4 Å². The molecule has 0 saturated carbocycles. The van der Waals surface area contributed by atoms with Crippen molar-refractivity contribution in [3.05, 3.63) is 48.8 Å². The minimum atomic E-state index is -0.347. The lowest BCUT2D eigenvalue weighted by Crippen LogP contribution is -1.99. The first-order valence-corrected chi connectivity index (χ1v) is 6.51. The van der Waals surface area contributed by atoms with Gasteiger partial charge in [-0.15, -0.1) is 0 Å². The lowest BCUT2D eigenvalue weighted by atomic mass is 10.3. The lowest BCUT2D eigenvalue weighted by Gasteiger charge is -1.94. The summed E-state index contributed by atoms with van der Waals surface area (Å²) in [5, 5.41) is 0. The van der Waals surface area contributed by atoms with E-state index in [4.69, 9.17) is 0 Å². The highest BCUT2D eigenvalue weighted by Crippen LogP contribution is 1.94. The van der Waals surface area contributed by atoms with Gasteiger partial charge in [0.15, 0.2) is 0 Å². The molecule has 130 valence electrons. The van der Waals surface area contributed by atoms with E-state index >= 15 is 0 Å². The van der Waals surface area contributed by atoms with E-state index in [2.05, 4.69) is 33.9 Å². The van der Waals surface area contributed by atoms with Gasteiger partial charge in [-0.25, -0.2) is 14.4 Å². The van der Waals surface area contributed by atoms with Crippen LogP contribution in [-0.4, -0.2) is 32.1 Å². The highest BCUT2D eigenvalue weighted by Gasteiger charge is 1.99. The van der Waals surface area contributed by atoms with Gasteiger partial charge in [-0.2, -0.15) is 0 Å². The molecule has 0 aromatic carbocycles. The molecule has 0 N–H and O–H groups in total. The van der Waals surface area contributed by atoms with Crippen LogP contribution in [0, 0.1) is 0 Å². The zero-order valence-electron chi connectivity index (χ0n) is 14.7. The van der Waals surface area contributed by atoms with Gasteiger partial charge in [-0.3, -0.25) is 0 Å². The van der Waals surface area contributed by atoms with Gasteiger partial charge in [-0.05, 0) is 27.7 Å². The molecule has 0 unspecified atom stereocenters. The third-order valence-corrected chi connectivity index (χ3v) is 2.01. The Morgan fingerprint density at radius 3 is 1.30 bits per heavy atom. The van der Waals surface area contributed by atoms with Gasteiger partial charge < -0.3 is 14.2 Å². The summed E-state index contributed by atoms with van der Waals surface area (Å²) in [5.74, 6) is -1.03. The standard InChI is InChI=1S/C7H10O2.2C5H8O2/c1-4-6(3)7(8)9-5-2;2*1-4(2)5(6)7-3/h4-5H,2H2,1,3H3;2*1H2,2-3H3. The monoisotopic (exact) mass is 326 g/mol. The summed E-state index contributed by atoms with van der Waals surface area (Å²) < 4.78 is 13.0. The minimum Gasteiger partial charge on any atom is -0.466 e. The number of esters is 3. The van der Waals surface area contributed by atoms with E-state index in [-0.39, 0.29) is 17.9 Å². The van der Waals surface area contributed by atoms with Gasteiger partial charge in [-0.1, -0.05) is 25.8 Å². The third kappa shape index (κ3) is 17.3. The Balaban J connectivity index is -0.000000264. The molecule has 0 radical (unpaired) electrons. The van der Waals surface area contributed by atoms with E-state index in [1.807, 2.05) is 0 Å². The summed E-state index contributed by atoms with van der Waals surface area (Å²) in [6, 6.07) is 0. The Morgan fingerprint density at radius 1 is 0.826 bits per heavy atom. The molecular formula is C17H26O6. The Morgan fingerprint density at radius 2 is 1.17 bits per heavy atom. The van der Waals surface area contributed by atoms with Gasteiger partial charge in [0.2, 0.25) is 0 Å². The van der Waals surface area contributed by atoms with Crippen LogP contribution in [0.25, 0.3) is 0 Å². The van der Waals surface area contributed by atoms with Crippen LogP contribution in [0.5, 0.6) is 0 Å². The number of ether oxygens (including phenoxy) is 3. The van der Waals surface area contributed by atoms with Crippen LogP contribution >= 0.6 is 0 Å². The van der Waals surface area contributed by atoms with Gasteiger partial charge >= 0.3 is 17.9 Å². The first kappa shape index (κ1) is 25.3. The van der Waals surface area contributed by atoms with Gasteiger partial charge in [0, 0.05) is 16.7 Å². The number of allylic oxidation sites excluding steroid dienone is 1. The molecule has 0 rings (SSSR count). The molecule has 0 aliphatic rings. The van der Waals surface area contributed by atoms with E-state index < -0.39 is 0 Å². The predicted octanol–water partition coefficient (Wildman–Crippen LogP) is 3.11. The molecule has 0 atom stereocenters. The molecule has 0 heterocycles. The van der Waals surface area contributed by atoms with E-state index in [1.165, 1.54) is 14.2 Å². The second kappa shape index (κ2) is 15.8. The van der Waals surface area contributed by atoms with Crippen molar-refractivity contribution < 1.29 is 28.6 Å². The maximum atomic E-state index is 10.6. The number of carbonyl (C=O) groups excluding carboxylic acids is 3. The summed E-state index contributed by atoms with van der Waals surface area (Å²) >= 11 is 0. The Kier molecular flexibility index (Phi) is 17.3. The van der Waals surface area contributed by atoms with Gasteiger partial charge in [0.05, 0.1) is 20.5 Å². The topological polar surface area (TPSA) is 78.9 Å². The summed E-state index contributed by atoms with van der Waals surface area (Å²) in [7, 11) is 2.66. The van der Waals surface area contributed by atoms with Crippen LogP contribution in [0.15, 0.2) is 48.8 Å². The fraction of sp³-hybridized carbons (Fsp3) is 0.353. The summed E-state index contributed by atoms with van der Waals surface area (Å²) in [6.07, 6.45) is 2.81. The van der Waals surface area contributed by atoms with Crippen LogP contribution in [-0.2, 0) is 28.6 Å². The van der Waals surface area contributed by atoms with Crippen molar-refractivity contribution in [1.29, 1.82) is 0 Å². The first-order chi connectivity index (χ1) is 10.6. The fourth-order valence-electron chi connectivity index (χ4n) is 0.635. The summed E-state index contributed by atoms with van der Waals surface area (Å²) in [4.78, 5) is 31.0. The van der Waals surface area contributed by atoms with Crippen molar-refractivity contribution >= 4 is 17.9 Å². The normalized spacial score (nSPS) is 8.87. The molecule has 0 bridgehead atoms. The molecule has 0 saturated heterocycles. The second-order valence-corrected chi connectivity index (χ2v) is 4.09. The van der Waals surface area contributed by atoms with E-state index in [0.717, 1.165) is 6.26 Å². The molecular weight excluding hydrogens is 300 g/mol. The largest absolute Gasteiger partial charge is 0.466 e. The first-order valence-electron chi connectivity index (χ1n) is 6.51. The smallest absolute Gasteiger partial charge is 0.338 e. The number of carbonyl (C=O) groups is 3. The van der Waals surface area contributed by atoms with Crippen molar-refractivity contribution in [1.82, 2.24) is 0 Å². The van der Waals surface area contributed by atoms with Crippen LogP contribution < -0.4 is 0 Å². The fourth-order valence-corrected chi connectivity index (χ4v) is 0.635. The Labute approximate surface area is 138 Å². The number of hydrogen-bond donors (Lipinski definition) is 0. The zero-order valence-corrected chi connectivity index (χ0v) is 14.7. The molecule has 0 aliphatic heterocycles. The number of hydrogen-bond acceptors (Lipinski definition) is 6. The van der Waals surface area contributed by atoms with Gasteiger partial charge in [0.25, 0.3) is 0 Å². The highest BCUT2D eigenvalue weighted by atomic mass is 16.5. The molecule has 23 heavy (non-hydrogen) atoms. The molecule has 0 aliphatic carbocycles. The van der Waals surface area contributed by atoms with Crippen LogP contribution in [0.3, 0.4) is 0 Å². The highest BCUT2D eigenvalue weighted by molar-refractivity contribution is 5.88. The van der Waals surface area contributed by atoms with Crippen molar-refractivity contribution in [3.63, 3.8) is 0 Å². The molecule has 0 aromatic rings. The maximum absolute atomic E-state index is 10.6. The summed E-state index contributed by atoms with van der Waals surface area (Å²) in [6.45, 7) is 16.6. The average molecular weight is 326 g/mol. The second-order valence-electron chi connectivity index (χ2n) is 4.09. The predicted molar refractivity (Wildman–Crippen MR) is 89.4 cm³/mol. The quantitative estimate of drug-likeness (QED) is 0.342. The van der Waals surface area contributed by atoms with Crippen LogP contribution in [0.1, 0.15) is 27.7 Å².